The van der Waals surface area contributed by atoms with Gasteiger partial charge in [0.25, 0.3) is 0 Å². The minimum absolute atomic E-state index is 0.687. The monoisotopic (exact) mass is 425 g/mol. The van der Waals surface area contributed by atoms with Crippen LogP contribution < -0.4 is 10.1 Å². The molecule has 1 heterocycles. The molecule has 1 aromatic heterocycles. The molecule has 3 N–H and O–H groups in total. The first-order valence-corrected chi connectivity index (χ1v) is 9.74. The molecule has 31 heavy (non-hydrogen) atoms. The molecule has 8 heteroatoms. The number of carboxylic acids is 2. The lowest BCUT2D eigenvalue weighted by atomic mass is 10.0. The number of hydrogen-bond acceptors (Lipinski definition) is 5. The largest absolute Gasteiger partial charge is 0.494 e. The van der Waals surface area contributed by atoms with Crippen LogP contribution in [0.5, 0.6) is 5.75 Å². The van der Waals surface area contributed by atoms with Gasteiger partial charge in [-0.3, -0.25) is 0 Å². The first-order valence-electron chi connectivity index (χ1n) is 9.74. The predicted octanol–water partition coefficient (Wildman–Crippen LogP) is 3.87. The average molecular weight is 425 g/mol. The molecular formula is C23H27N3O5. The van der Waals surface area contributed by atoms with E-state index in [2.05, 4.69) is 59.0 Å². The first kappa shape index (κ1) is 23.5. The number of nitrogens with one attached hydrogen (secondary N) is 1. The maximum Gasteiger partial charge on any atom is 0.414 e. The maximum atomic E-state index is 9.10. The summed E-state index contributed by atoms with van der Waals surface area (Å²) in [5.74, 6) is -1.88. The Labute approximate surface area is 181 Å². The van der Waals surface area contributed by atoms with Gasteiger partial charge in [0.1, 0.15) is 5.75 Å². The third-order valence-electron chi connectivity index (χ3n) is 4.66. The highest BCUT2D eigenvalue weighted by Gasteiger charge is 2.09. The molecule has 3 rings (SSSR count). The second kappa shape index (κ2) is 10.8. The molecular weight excluding hydrogens is 398 g/mol. The molecule has 0 saturated heterocycles. The Hall–Kier alpha value is -3.81. The lowest BCUT2D eigenvalue weighted by molar-refractivity contribution is -0.159. The van der Waals surface area contributed by atoms with E-state index in [1.807, 2.05) is 32.3 Å². The molecule has 3 aromatic rings. The van der Waals surface area contributed by atoms with Crippen molar-refractivity contribution in [3.63, 3.8) is 0 Å². The SMILES string of the molecule is CCOc1ccc(CNc2ncc(-c3ccc(C)c(C)c3)n2C)cc1.O=C(O)C(=O)O. The zero-order chi connectivity index (χ0) is 23.0. The Bertz CT molecular complexity index is 1030. The number of imidazole rings is 1. The minimum Gasteiger partial charge on any atom is -0.494 e. The molecule has 0 saturated carbocycles. The second-order valence-electron chi connectivity index (χ2n) is 6.87. The Kier molecular flexibility index (Phi) is 8.19. The molecule has 0 fully saturated rings. The van der Waals surface area contributed by atoms with E-state index in [-0.39, 0.29) is 0 Å². The van der Waals surface area contributed by atoms with Gasteiger partial charge in [0.15, 0.2) is 0 Å². The summed E-state index contributed by atoms with van der Waals surface area (Å²) in [4.78, 5) is 22.7. The fourth-order valence-corrected chi connectivity index (χ4v) is 2.79. The van der Waals surface area contributed by atoms with Crippen molar-refractivity contribution < 1.29 is 24.5 Å². The number of aliphatic carboxylic acids is 2. The lowest BCUT2D eigenvalue weighted by Crippen LogP contribution is -2.09. The fourth-order valence-electron chi connectivity index (χ4n) is 2.79. The summed E-state index contributed by atoms with van der Waals surface area (Å²) in [5, 5.41) is 18.2. The van der Waals surface area contributed by atoms with Gasteiger partial charge in [0.2, 0.25) is 5.95 Å². The van der Waals surface area contributed by atoms with Crippen molar-refractivity contribution in [2.45, 2.75) is 27.3 Å². The van der Waals surface area contributed by atoms with Crippen molar-refractivity contribution >= 4 is 17.9 Å². The van der Waals surface area contributed by atoms with Crippen LogP contribution in [-0.4, -0.2) is 38.3 Å². The Morgan fingerprint density at radius 1 is 1.03 bits per heavy atom. The number of benzene rings is 2. The van der Waals surface area contributed by atoms with Gasteiger partial charge in [-0.05, 0) is 55.7 Å². The number of ether oxygens (including phenoxy) is 1. The second-order valence-corrected chi connectivity index (χ2v) is 6.87. The predicted molar refractivity (Wildman–Crippen MR) is 118 cm³/mol. The van der Waals surface area contributed by atoms with Gasteiger partial charge in [-0.2, -0.15) is 0 Å². The molecule has 0 aliphatic rings. The standard InChI is InChI=1S/C21H25N3O.C2H2O4/c1-5-25-19-10-7-17(8-11-19)13-22-21-23-14-20(24(21)4)18-9-6-15(2)16(3)12-18;3-1(4)2(5)6/h6-12,14H,5,13H2,1-4H3,(H,22,23);(H,3,4)(H,5,6). The van der Waals surface area contributed by atoms with Crippen LogP contribution in [0, 0.1) is 13.8 Å². The van der Waals surface area contributed by atoms with Crippen molar-refractivity contribution in [2.24, 2.45) is 7.05 Å². The number of aryl methyl sites for hydroxylation is 2. The summed E-state index contributed by atoms with van der Waals surface area (Å²) in [6.45, 7) is 7.67. The fraction of sp³-hybridized carbons (Fsp3) is 0.261. The highest BCUT2D eigenvalue weighted by atomic mass is 16.5. The van der Waals surface area contributed by atoms with Gasteiger partial charge in [-0.25, -0.2) is 14.6 Å². The highest BCUT2D eigenvalue weighted by Crippen LogP contribution is 2.24. The summed E-state index contributed by atoms with van der Waals surface area (Å²) in [7, 11) is 2.04. The average Bonchev–Trinajstić information content (AvgIpc) is 3.10. The van der Waals surface area contributed by atoms with Gasteiger partial charge < -0.3 is 24.8 Å². The summed E-state index contributed by atoms with van der Waals surface area (Å²) in [6, 6.07) is 14.7. The van der Waals surface area contributed by atoms with Crippen LogP contribution in [0.4, 0.5) is 5.95 Å². The van der Waals surface area contributed by atoms with Gasteiger partial charge in [-0.1, -0.05) is 24.3 Å². The van der Waals surface area contributed by atoms with E-state index in [0.717, 1.165) is 23.9 Å². The molecule has 0 spiro atoms. The van der Waals surface area contributed by atoms with Crippen molar-refractivity contribution in [1.82, 2.24) is 9.55 Å². The van der Waals surface area contributed by atoms with E-state index >= 15 is 0 Å². The molecule has 164 valence electrons. The van der Waals surface area contributed by atoms with Crippen LogP contribution in [-0.2, 0) is 23.2 Å². The van der Waals surface area contributed by atoms with Crippen LogP contribution in [0.2, 0.25) is 0 Å². The zero-order valence-electron chi connectivity index (χ0n) is 18.0. The third kappa shape index (κ3) is 6.60. The van der Waals surface area contributed by atoms with Gasteiger partial charge in [0.05, 0.1) is 18.5 Å². The number of rotatable bonds is 6. The normalized spacial score (nSPS) is 10.1. The number of carbonyl (C=O) groups is 2. The topological polar surface area (TPSA) is 114 Å². The van der Waals surface area contributed by atoms with Crippen LogP contribution >= 0.6 is 0 Å². The van der Waals surface area contributed by atoms with Gasteiger partial charge in [0, 0.05) is 19.2 Å². The summed E-state index contributed by atoms with van der Waals surface area (Å²) in [5.41, 5.74) is 6.09. The molecule has 0 amide bonds. The van der Waals surface area contributed by atoms with E-state index in [9.17, 15) is 0 Å². The van der Waals surface area contributed by atoms with E-state index in [4.69, 9.17) is 24.5 Å². The van der Waals surface area contributed by atoms with Crippen molar-refractivity contribution in [1.29, 1.82) is 0 Å². The smallest absolute Gasteiger partial charge is 0.414 e. The van der Waals surface area contributed by atoms with Gasteiger partial charge in [-0.15, -0.1) is 0 Å². The quantitative estimate of drug-likeness (QED) is 0.514. The van der Waals surface area contributed by atoms with E-state index in [1.54, 1.807) is 0 Å². The highest BCUT2D eigenvalue weighted by molar-refractivity contribution is 6.27. The summed E-state index contributed by atoms with van der Waals surface area (Å²) >= 11 is 0. The number of carboxylic acid groups (broad SMARTS) is 2. The van der Waals surface area contributed by atoms with Crippen molar-refractivity contribution in [2.75, 3.05) is 11.9 Å². The van der Waals surface area contributed by atoms with Crippen LogP contribution in [0.3, 0.4) is 0 Å². The third-order valence-corrected chi connectivity index (χ3v) is 4.66. The number of anilines is 1. The molecule has 0 radical (unpaired) electrons. The minimum atomic E-state index is -1.82. The first-order chi connectivity index (χ1) is 14.7. The van der Waals surface area contributed by atoms with Crippen molar-refractivity contribution in [3.05, 3.63) is 65.4 Å². The molecule has 0 unspecified atom stereocenters. The zero-order valence-corrected chi connectivity index (χ0v) is 18.0. The van der Waals surface area contributed by atoms with Crippen LogP contribution in [0.15, 0.2) is 48.7 Å². The molecule has 0 aliphatic heterocycles. The number of aromatic nitrogens is 2. The molecule has 2 aromatic carbocycles. The van der Waals surface area contributed by atoms with E-state index < -0.39 is 11.9 Å². The van der Waals surface area contributed by atoms with Crippen molar-refractivity contribution in [3.8, 4) is 17.0 Å². The summed E-state index contributed by atoms with van der Waals surface area (Å²) < 4.78 is 7.57. The van der Waals surface area contributed by atoms with Crippen LogP contribution in [0.25, 0.3) is 11.3 Å². The molecule has 0 atom stereocenters. The molecule has 0 bridgehead atoms. The molecule has 8 nitrogen and oxygen atoms in total. The summed E-state index contributed by atoms with van der Waals surface area (Å²) in [6.07, 6.45) is 1.92. The Morgan fingerprint density at radius 2 is 1.68 bits per heavy atom. The Morgan fingerprint density at radius 3 is 2.23 bits per heavy atom. The maximum absolute atomic E-state index is 9.10. The van der Waals surface area contributed by atoms with Gasteiger partial charge >= 0.3 is 11.9 Å². The van der Waals surface area contributed by atoms with E-state index in [0.29, 0.717) is 6.61 Å². The number of hydrogen-bond donors (Lipinski definition) is 3. The molecule has 0 aliphatic carbocycles. The number of nitrogens with zero attached hydrogens (tertiary/aromatic N) is 2. The lowest BCUT2D eigenvalue weighted by Gasteiger charge is -2.10. The van der Waals surface area contributed by atoms with Crippen LogP contribution in [0.1, 0.15) is 23.6 Å². The Balaban J connectivity index is 0.000000501. The van der Waals surface area contributed by atoms with E-state index in [1.165, 1.54) is 22.3 Å².